The summed E-state index contributed by atoms with van der Waals surface area (Å²) in [6.07, 6.45) is 7.07. The van der Waals surface area contributed by atoms with Crippen molar-refractivity contribution in [2.75, 3.05) is 19.8 Å². The van der Waals surface area contributed by atoms with Gasteiger partial charge in [0.05, 0.1) is 32.4 Å². The summed E-state index contributed by atoms with van der Waals surface area (Å²) in [5, 5.41) is 17.5. The smallest absolute Gasteiger partial charge is 0.296 e. The SMILES string of the molecule is CCCc1nnc2c(=O)n(Cc3cccc(F)c3)c([C@@H]3COC(C(CC)c4nnc5c(=O)n(Cc6cccc(F)c6)c([C@@H]6CCOC6)cn45)C3)cn12. The van der Waals surface area contributed by atoms with Crippen LogP contribution in [0, 0.1) is 11.6 Å². The maximum Gasteiger partial charge on any atom is 0.296 e. The first-order valence-corrected chi connectivity index (χ1v) is 18.0. The van der Waals surface area contributed by atoms with Crippen molar-refractivity contribution >= 4 is 11.3 Å². The monoisotopic (exact) mass is 710 g/mol. The van der Waals surface area contributed by atoms with Gasteiger partial charge in [-0.05, 0) is 61.1 Å². The Morgan fingerprint density at radius 3 is 2.06 bits per heavy atom. The van der Waals surface area contributed by atoms with E-state index in [1.54, 1.807) is 42.2 Å². The lowest BCUT2D eigenvalue weighted by Gasteiger charge is -2.22. The van der Waals surface area contributed by atoms with Crippen LogP contribution >= 0.6 is 0 Å². The van der Waals surface area contributed by atoms with Gasteiger partial charge in [0.15, 0.2) is 0 Å². The Bertz CT molecular complexity index is 2380. The third-order valence-electron chi connectivity index (χ3n) is 10.5. The summed E-state index contributed by atoms with van der Waals surface area (Å²) >= 11 is 0. The number of aryl methyl sites for hydroxylation is 1. The van der Waals surface area contributed by atoms with E-state index in [2.05, 4.69) is 27.3 Å². The number of rotatable bonds is 11. The first-order valence-electron chi connectivity index (χ1n) is 18.0. The van der Waals surface area contributed by atoms with Crippen LogP contribution in [0.25, 0.3) is 11.3 Å². The van der Waals surface area contributed by atoms with Crippen molar-refractivity contribution in [3.8, 4) is 0 Å². The van der Waals surface area contributed by atoms with Crippen molar-refractivity contribution in [1.29, 1.82) is 0 Å². The van der Waals surface area contributed by atoms with E-state index >= 15 is 0 Å². The average molecular weight is 711 g/mol. The zero-order chi connectivity index (χ0) is 35.9. The van der Waals surface area contributed by atoms with Crippen LogP contribution in [0.4, 0.5) is 8.78 Å². The number of nitrogens with zero attached hydrogens (tertiary/aromatic N) is 8. The Balaban J connectivity index is 1.16. The normalized spacial score (nSPS) is 19.7. The predicted octanol–water partition coefficient (Wildman–Crippen LogP) is 4.99. The first kappa shape index (κ1) is 34.0. The average Bonchev–Trinajstić information content (AvgIpc) is 3.96. The maximum atomic E-state index is 14.2. The summed E-state index contributed by atoms with van der Waals surface area (Å²) in [5.41, 5.74) is 2.68. The van der Waals surface area contributed by atoms with E-state index in [4.69, 9.17) is 9.47 Å². The van der Waals surface area contributed by atoms with E-state index in [9.17, 15) is 18.4 Å². The van der Waals surface area contributed by atoms with Crippen molar-refractivity contribution in [3.05, 3.63) is 127 Å². The minimum Gasteiger partial charge on any atom is -0.381 e. The first-order chi connectivity index (χ1) is 25.3. The molecule has 4 aromatic heterocycles. The topological polar surface area (TPSA) is 123 Å². The summed E-state index contributed by atoms with van der Waals surface area (Å²) in [6, 6.07) is 12.5. The molecule has 2 unspecified atom stereocenters. The Morgan fingerprint density at radius 1 is 0.808 bits per heavy atom. The Morgan fingerprint density at radius 2 is 1.44 bits per heavy atom. The van der Waals surface area contributed by atoms with Gasteiger partial charge in [0.1, 0.15) is 23.3 Å². The van der Waals surface area contributed by atoms with Crippen molar-refractivity contribution in [1.82, 2.24) is 38.3 Å². The van der Waals surface area contributed by atoms with Crippen molar-refractivity contribution in [3.63, 3.8) is 0 Å². The maximum absolute atomic E-state index is 14.2. The zero-order valence-corrected chi connectivity index (χ0v) is 29.1. The van der Waals surface area contributed by atoms with Crippen molar-refractivity contribution in [2.45, 2.75) is 82.9 Å². The summed E-state index contributed by atoms with van der Waals surface area (Å²) < 4.78 is 47.5. The number of hydrogen-bond donors (Lipinski definition) is 0. The molecule has 4 atom stereocenters. The minimum absolute atomic E-state index is 0.0203. The fourth-order valence-electron chi connectivity index (χ4n) is 7.84. The van der Waals surface area contributed by atoms with E-state index in [-0.39, 0.29) is 71.0 Å². The molecule has 12 nitrogen and oxygen atoms in total. The van der Waals surface area contributed by atoms with Crippen LogP contribution in [0.15, 0.2) is 70.5 Å². The van der Waals surface area contributed by atoms with Gasteiger partial charge in [0, 0.05) is 54.6 Å². The minimum atomic E-state index is -0.374. The van der Waals surface area contributed by atoms with Crippen LogP contribution < -0.4 is 11.1 Å². The molecule has 0 amide bonds. The molecule has 2 saturated heterocycles. The number of fused-ring (bicyclic) bond motifs is 2. The number of hydrogen-bond acceptors (Lipinski definition) is 8. The second kappa shape index (κ2) is 14.2. The molecule has 270 valence electrons. The van der Waals surface area contributed by atoms with Gasteiger partial charge in [-0.2, -0.15) is 0 Å². The zero-order valence-electron chi connectivity index (χ0n) is 29.1. The summed E-state index contributed by atoms with van der Waals surface area (Å²) in [4.78, 5) is 28.1. The van der Waals surface area contributed by atoms with E-state index in [1.165, 1.54) is 24.3 Å². The number of halogens is 2. The molecule has 2 aromatic carbocycles. The van der Waals surface area contributed by atoms with Crippen LogP contribution in [0.5, 0.6) is 0 Å². The summed E-state index contributed by atoms with van der Waals surface area (Å²) in [5.74, 6) is 0.178. The lowest BCUT2D eigenvalue weighted by molar-refractivity contribution is 0.0832. The Labute approximate surface area is 297 Å². The van der Waals surface area contributed by atoms with Gasteiger partial charge in [-0.1, -0.05) is 38.1 Å². The highest BCUT2D eigenvalue weighted by molar-refractivity contribution is 5.40. The molecule has 2 aliphatic heterocycles. The van der Waals surface area contributed by atoms with Gasteiger partial charge < -0.3 is 18.6 Å². The van der Waals surface area contributed by atoms with Crippen molar-refractivity contribution < 1.29 is 18.3 Å². The molecule has 0 aliphatic carbocycles. The van der Waals surface area contributed by atoms with Gasteiger partial charge >= 0.3 is 0 Å². The molecule has 0 bridgehead atoms. The molecule has 0 radical (unpaired) electrons. The highest BCUT2D eigenvalue weighted by Crippen LogP contribution is 2.38. The third-order valence-corrected chi connectivity index (χ3v) is 10.5. The molecule has 2 aliphatic rings. The third kappa shape index (κ3) is 6.23. The molecule has 6 heterocycles. The second-order valence-corrected chi connectivity index (χ2v) is 13.8. The van der Waals surface area contributed by atoms with Crippen molar-refractivity contribution in [2.24, 2.45) is 0 Å². The van der Waals surface area contributed by atoms with Crippen LogP contribution in [-0.4, -0.2) is 64.3 Å². The van der Waals surface area contributed by atoms with E-state index in [0.717, 1.165) is 24.2 Å². The molecule has 2 fully saturated rings. The van der Waals surface area contributed by atoms with Crippen LogP contribution in [-0.2, 0) is 29.0 Å². The quantitative estimate of drug-likeness (QED) is 0.184. The number of benzene rings is 2. The number of ether oxygens (including phenoxy) is 2. The lowest BCUT2D eigenvalue weighted by atomic mass is 9.91. The van der Waals surface area contributed by atoms with Crippen LogP contribution in [0.2, 0.25) is 0 Å². The van der Waals surface area contributed by atoms with Gasteiger partial charge in [-0.3, -0.25) is 18.4 Å². The number of aromatic nitrogens is 8. The second-order valence-electron chi connectivity index (χ2n) is 13.8. The fraction of sp³-hybridized carbons (Fsp3) is 0.421. The largest absolute Gasteiger partial charge is 0.381 e. The molecule has 14 heteroatoms. The highest BCUT2D eigenvalue weighted by atomic mass is 19.1. The molecular formula is C38H40F2N8O4. The standard InChI is InChI=1S/C38H40F2N8O4/c1-3-7-33-41-43-35-37(49)46(18-24-9-6-11-28(40)15-24)31(19-47(33)35)26-16-32(52-22-26)29(4-2)34-42-44-36-38(50)45(17-23-8-5-10-27(39)14-23)30(20-48(34)36)25-12-13-51-21-25/h5-6,8-11,14-15,19-20,25-26,29,32H,3-4,7,12-13,16-18,21-22H2,1-2H3/t25-,26+,29?,32?/m1/s1. The van der Waals surface area contributed by atoms with E-state index in [0.29, 0.717) is 61.9 Å². The van der Waals surface area contributed by atoms with Gasteiger partial charge in [0.2, 0.25) is 11.3 Å². The Hall–Kier alpha value is -5.08. The molecular weight excluding hydrogens is 670 g/mol. The lowest BCUT2D eigenvalue weighted by Crippen LogP contribution is -2.29. The molecule has 52 heavy (non-hydrogen) atoms. The molecule has 8 rings (SSSR count). The molecule has 6 aromatic rings. The molecule has 0 N–H and O–H groups in total. The van der Waals surface area contributed by atoms with Gasteiger partial charge in [-0.25, -0.2) is 8.78 Å². The fourth-order valence-corrected chi connectivity index (χ4v) is 7.84. The van der Waals surface area contributed by atoms with Gasteiger partial charge in [-0.15, -0.1) is 20.4 Å². The molecule has 0 saturated carbocycles. The highest BCUT2D eigenvalue weighted by Gasteiger charge is 2.37. The van der Waals surface area contributed by atoms with E-state index < -0.39 is 0 Å². The predicted molar refractivity (Wildman–Crippen MR) is 188 cm³/mol. The summed E-state index contributed by atoms with van der Waals surface area (Å²) in [7, 11) is 0. The Kier molecular flexibility index (Phi) is 9.26. The van der Waals surface area contributed by atoms with E-state index in [1.807, 2.05) is 19.3 Å². The molecule has 0 spiro atoms. The van der Waals surface area contributed by atoms with Crippen LogP contribution in [0.1, 0.15) is 91.4 Å². The van der Waals surface area contributed by atoms with Crippen LogP contribution in [0.3, 0.4) is 0 Å². The van der Waals surface area contributed by atoms with Gasteiger partial charge in [0.25, 0.3) is 11.1 Å². The summed E-state index contributed by atoms with van der Waals surface area (Å²) in [6.45, 7) is 5.88.